The van der Waals surface area contributed by atoms with Crippen LogP contribution in [0.2, 0.25) is 0 Å². The number of methoxy groups -OCH3 is 2. The fourth-order valence-corrected chi connectivity index (χ4v) is 2.09. The lowest BCUT2D eigenvalue weighted by atomic mass is 10.0. The molecule has 1 atom stereocenters. The lowest BCUT2D eigenvalue weighted by molar-refractivity contribution is -0.0542. The quantitative estimate of drug-likeness (QED) is 0.853. The summed E-state index contributed by atoms with van der Waals surface area (Å²) in [6.45, 7) is 1.27. The highest BCUT2D eigenvalue weighted by molar-refractivity contribution is 5.43. The molecule has 0 spiro atoms. The van der Waals surface area contributed by atoms with Gasteiger partial charge in [0.05, 0.1) is 33.5 Å². The Kier molecular flexibility index (Phi) is 5.01. The molecule has 1 aliphatic rings. The van der Waals surface area contributed by atoms with E-state index in [1.165, 1.54) is 0 Å². The summed E-state index contributed by atoms with van der Waals surface area (Å²) in [6.07, 6.45) is 0.512. The third kappa shape index (κ3) is 3.59. The third-order valence-corrected chi connectivity index (χ3v) is 3.16. The summed E-state index contributed by atoms with van der Waals surface area (Å²) in [5.41, 5.74) is 0.802. The largest absolute Gasteiger partial charge is 0.493 e. The monoisotopic (exact) mass is 268 g/mol. The van der Waals surface area contributed by atoms with Crippen LogP contribution in [0.3, 0.4) is 0 Å². The van der Waals surface area contributed by atoms with Crippen molar-refractivity contribution in [3.05, 3.63) is 23.8 Å². The Balaban J connectivity index is 1.95. The Morgan fingerprint density at radius 2 is 1.89 bits per heavy atom. The molecule has 0 aliphatic carbocycles. The van der Waals surface area contributed by atoms with Crippen molar-refractivity contribution in [3.8, 4) is 11.5 Å². The molecule has 1 unspecified atom stereocenters. The standard InChI is InChI=1S/C14H20O5/c1-16-12-5-3-10(9-13(12)17-2)11(15)4-6-14-18-7-8-19-14/h3,5,9,11,14-15H,4,6-8H2,1-2H3. The van der Waals surface area contributed by atoms with E-state index in [0.29, 0.717) is 37.6 Å². The number of ether oxygens (including phenoxy) is 4. The molecule has 0 bridgehead atoms. The van der Waals surface area contributed by atoms with Gasteiger partial charge in [-0.15, -0.1) is 0 Å². The molecule has 106 valence electrons. The highest BCUT2D eigenvalue weighted by atomic mass is 16.7. The number of aliphatic hydroxyl groups is 1. The fourth-order valence-electron chi connectivity index (χ4n) is 2.09. The number of hydrogen-bond acceptors (Lipinski definition) is 5. The van der Waals surface area contributed by atoms with Crippen molar-refractivity contribution in [3.63, 3.8) is 0 Å². The van der Waals surface area contributed by atoms with E-state index in [1.807, 2.05) is 6.07 Å². The van der Waals surface area contributed by atoms with Gasteiger partial charge in [-0.25, -0.2) is 0 Å². The SMILES string of the molecule is COc1ccc(C(O)CCC2OCCO2)cc1OC. The van der Waals surface area contributed by atoms with E-state index in [-0.39, 0.29) is 6.29 Å². The second-order valence-electron chi connectivity index (χ2n) is 4.38. The van der Waals surface area contributed by atoms with Crippen molar-refractivity contribution >= 4 is 0 Å². The summed E-state index contributed by atoms with van der Waals surface area (Å²) < 4.78 is 21.1. The predicted octanol–water partition coefficient (Wildman–Crippen LogP) is 1.89. The minimum absolute atomic E-state index is 0.185. The minimum Gasteiger partial charge on any atom is -0.493 e. The zero-order valence-corrected chi connectivity index (χ0v) is 11.3. The summed E-state index contributed by atoms with van der Waals surface area (Å²) in [5, 5.41) is 10.2. The van der Waals surface area contributed by atoms with E-state index in [9.17, 15) is 5.11 Å². The second-order valence-corrected chi connectivity index (χ2v) is 4.38. The van der Waals surface area contributed by atoms with Crippen LogP contribution in [0.1, 0.15) is 24.5 Å². The molecule has 1 N–H and O–H groups in total. The van der Waals surface area contributed by atoms with Gasteiger partial charge in [0.15, 0.2) is 17.8 Å². The molecule has 1 fully saturated rings. The Morgan fingerprint density at radius 1 is 1.21 bits per heavy atom. The summed E-state index contributed by atoms with van der Waals surface area (Å²) in [7, 11) is 3.16. The van der Waals surface area contributed by atoms with Gasteiger partial charge in [0.25, 0.3) is 0 Å². The summed E-state index contributed by atoms with van der Waals surface area (Å²) in [5.74, 6) is 1.27. The Morgan fingerprint density at radius 3 is 2.53 bits per heavy atom. The van der Waals surface area contributed by atoms with Crippen LogP contribution < -0.4 is 9.47 Å². The van der Waals surface area contributed by atoms with Crippen molar-refractivity contribution in [2.45, 2.75) is 25.2 Å². The maximum absolute atomic E-state index is 10.2. The second kappa shape index (κ2) is 6.75. The third-order valence-electron chi connectivity index (χ3n) is 3.16. The van der Waals surface area contributed by atoms with Crippen LogP contribution in [0.15, 0.2) is 18.2 Å². The van der Waals surface area contributed by atoms with Gasteiger partial charge in [-0.2, -0.15) is 0 Å². The number of aliphatic hydroxyl groups excluding tert-OH is 1. The average Bonchev–Trinajstić information content (AvgIpc) is 2.97. The van der Waals surface area contributed by atoms with Crippen LogP contribution in [0.5, 0.6) is 11.5 Å². The minimum atomic E-state index is -0.562. The average molecular weight is 268 g/mol. The van der Waals surface area contributed by atoms with Gasteiger partial charge in [-0.05, 0) is 24.1 Å². The summed E-state index contributed by atoms with van der Waals surface area (Å²) in [6, 6.07) is 5.42. The molecule has 1 aromatic carbocycles. The first-order valence-electron chi connectivity index (χ1n) is 6.37. The fraction of sp³-hybridized carbons (Fsp3) is 0.571. The van der Waals surface area contributed by atoms with Crippen LogP contribution in [0, 0.1) is 0 Å². The van der Waals surface area contributed by atoms with E-state index in [2.05, 4.69) is 0 Å². The summed E-state index contributed by atoms with van der Waals surface area (Å²) >= 11 is 0. The van der Waals surface area contributed by atoms with Gasteiger partial charge >= 0.3 is 0 Å². The lowest BCUT2D eigenvalue weighted by Gasteiger charge is -2.15. The molecular weight excluding hydrogens is 248 g/mol. The van der Waals surface area contributed by atoms with Crippen LogP contribution in [-0.2, 0) is 9.47 Å². The molecule has 1 heterocycles. The molecule has 1 aromatic rings. The maximum Gasteiger partial charge on any atom is 0.161 e. The number of benzene rings is 1. The molecular formula is C14H20O5. The molecule has 19 heavy (non-hydrogen) atoms. The molecule has 2 rings (SSSR count). The Bertz CT molecular complexity index is 401. The van der Waals surface area contributed by atoms with Crippen molar-refractivity contribution in [1.29, 1.82) is 0 Å². The highest BCUT2D eigenvalue weighted by Gasteiger charge is 2.18. The van der Waals surface area contributed by atoms with Crippen LogP contribution >= 0.6 is 0 Å². The van der Waals surface area contributed by atoms with E-state index < -0.39 is 6.10 Å². The van der Waals surface area contributed by atoms with E-state index in [4.69, 9.17) is 18.9 Å². The van der Waals surface area contributed by atoms with Crippen LogP contribution in [-0.4, -0.2) is 38.8 Å². The molecule has 5 heteroatoms. The Hall–Kier alpha value is -1.30. The van der Waals surface area contributed by atoms with Crippen molar-refractivity contribution in [2.24, 2.45) is 0 Å². The van der Waals surface area contributed by atoms with Crippen molar-refractivity contribution < 1.29 is 24.1 Å². The molecule has 0 aromatic heterocycles. The predicted molar refractivity (Wildman–Crippen MR) is 69.4 cm³/mol. The maximum atomic E-state index is 10.2. The lowest BCUT2D eigenvalue weighted by Crippen LogP contribution is -2.10. The smallest absolute Gasteiger partial charge is 0.161 e. The van der Waals surface area contributed by atoms with Gasteiger partial charge in [0, 0.05) is 6.42 Å². The molecule has 0 saturated carbocycles. The van der Waals surface area contributed by atoms with Gasteiger partial charge < -0.3 is 24.1 Å². The highest BCUT2D eigenvalue weighted by Crippen LogP contribution is 2.31. The van der Waals surface area contributed by atoms with Crippen LogP contribution in [0.4, 0.5) is 0 Å². The van der Waals surface area contributed by atoms with E-state index in [1.54, 1.807) is 26.4 Å². The number of rotatable bonds is 6. The van der Waals surface area contributed by atoms with Gasteiger partial charge in [0.2, 0.25) is 0 Å². The summed E-state index contributed by atoms with van der Waals surface area (Å²) in [4.78, 5) is 0. The topological polar surface area (TPSA) is 57.2 Å². The van der Waals surface area contributed by atoms with E-state index >= 15 is 0 Å². The van der Waals surface area contributed by atoms with Gasteiger partial charge in [-0.1, -0.05) is 6.07 Å². The first-order chi connectivity index (χ1) is 9.24. The molecule has 5 nitrogen and oxygen atoms in total. The first kappa shape index (κ1) is 14.1. The molecule has 1 aliphatic heterocycles. The normalized spacial score (nSPS) is 17.4. The van der Waals surface area contributed by atoms with Gasteiger partial charge in [-0.3, -0.25) is 0 Å². The molecule has 0 amide bonds. The van der Waals surface area contributed by atoms with Crippen LogP contribution in [0.25, 0.3) is 0 Å². The van der Waals surface area contributed by atoms with E-state index in [0.717, 1.165) is 5.56 Å². The zero-order chi connectivity index (χ0) is 13.7. The van der Waals surface area contributed by atoms with Crippen molar-refractivity contribution in [2.75, 3.05) is 27.4 Å². The molecule has 0 radical (unpaired) electrons. The van der Waals surface area contributed by atoms with Gasteiger partial charge in [0.1, 0.15) is 0 Å². The van der Waals surface area contributed by atoms with Crippen molar-refractivity contribution in [1.82, 2.24) is 0 Å². The Labute approximate surface area is 113 Å². The first-order valence-corrected chi connectivity index (χ1v) is 6.37. The molecule has 1 saturated heterocycles. The zero-order valence-electron chi connectivity index (χ0n) is 11.3. The number of hydrogen-bond donors (Lipinski definition) is 1.